The molecule has 1 amide bonds. The van der Waals surface area contributed by atoms with E-state index in [-0.39, 0.29) is 10.8 Å². The normalized spacial score (nSPS) is 14.6. The lowest BCUT2D eigenvalue weighted by Crippen LogP contribution is -2.24. The Labute approximate surface area is 147 Å². The van der Waals surface area contributed by atoms with E-state index in [4.69, 9.17) is 4.74 Å². The summed E-state index contributed by atoms with van der Waals surface area (Å²) >= 11 is 0. The number of hydrogen-bond acceptors (Lipinski definition) is 4. The average molecular weight is 360 g/mol. The van der Waals surface area contributed by atoms with Crippen molar-refractivity contribution in [1.82, 2.24) is 0 Å². The first-order chi connectivity index (χ1) is 11.9. The Balaban J connectivity index is 1.90. The van der Waals surface area contributed by atoms with Gasteiger partial charge >= 0.3 is 0 Å². The number of sulfonamides is 1. The summed E-state index contributed by atoms with van der Waals surface area (Å²) < 4.78 is 32.9. The molecule has 0 bridgehead atoms. The number of benzene rings is 2. The zero-order valence-electron chi connectivity index (χ0n) is 14.2. The standard InChI is InChI=1S/C18H20N2O4S/c1-13-8-9-14(11-17(13)20-10-4-7-18(20)21)19-25(22,23)16-6-3-5-15(12-16)24-2/h3,5-6,8-9,11-12,19H,4,7,10H2,1-2H3. The molecule has 0 saturated carbocycles. The molecule has 1 heterocycles. The zero-order chi connectivity index (χ0) is 18.0. The molecule has 1 fully saturated rings. The van der Waals surface area contributed by atoms with Gasteiger partial charge in [0.05, 0.1) is 17.7 Å². The smallest absolute Gasteiger partial charge is 0.262 e. The first kappa shape index (κ1) is 17.3. The number of anilines is 2. The molecule has 2 aromatic carbocycles. The van der Waals surface area contributed by atoms with Gasteiger partial charge in [-0.25, -0.2) is 8.42 Å². The Morgan fingerprint density at radius 2 is 1.96 bits per heavy atom. The number of carbonyl (C=O) groups excluding carboxylic acids is 1. The lowest BCUT2D eigenvalue weighted by Gasteiger charge is -2.19. The van der Waals surface area contributed by atoms with Gasteiger partial charge in [-0.2, -0.15) is 0 Å². The monoisotopic (exact) mass is 360 g/mol. The topological polar surface area (TPSA) is 75.7 Å². The number of ether oxygens (including phenoxy) is 1. The maximum absolute atomic E-state index is 12.6. The molecule has 7 heteroatoms. The van der Waals surface area contributed by atoms with Gasteiger partial charge in [-0.05, 0) is 43.2 Å². The number of carbonyl (C=O) groups is 1. The largest absolute Gasteiger partial charge is 0.497 e. The van der Waals surface area contributed by atoms with E-state index in [1.54, 1.807) is 29.2 Å². The number of hydrogen-bond donors (Lipinski definition) is 1. The van der Waals surface area contributed by atoms with Gasteiger partial charge in [-0.3, -0.25) is 9.52 Å². The summed E-state index contributed by atoms with van der Waals surface area (Å²) in [5, 5.41) is 0. The number of nitrogens with zero attached hydrogens (tertiary/aromatic N) is 1. The molecule has 0 radical (unpaired) electrons. The van der Waals surface area contributed by atoms with Crippen LogP contribution >= 0.6 is 0 Å². The van der Waals surface area contributed by atoms with Crippen LogP contribution in [0.5, 0.6) is 5.75 Å². The maximum atomic E-state index is 12.6. The van der Waals surface area contributed by atoms with Gasteiger partial charge in [-0.1, -0.05) is 12.1 Å². The van der Waals surface area contributed by atoms with Crippen LogP contribution in [0.4, 0.5) is 11.4 Å². The van der Waals surface area contributed by atoms with Crippen LogP contribution in [0.25, 0.3) is 0 Å². The number of methoxy groups -OCH3 is 1. The molecule has 1 N–H and O–H groups in total. The minimum absolute atomic E-state index is 0.0657. The van der Waals surface area contributed by atoms with Crippen molar-refractivity contribution in [3.05, 3.63) is 48.0 Å². The fraction of sp³-hybridized carbons (Fsp3) is 0.278. The molecule has 3 rings (SSSR count). The number of amides is 1. The highest BCUT2D eigenvalue weighted by atomic mass is 32.2. The van der Waals surface area contributed by atoms with Crippen molar-refractivity contribution >= 4 is 27.3 Å². The highest BCUT2D eigenvalue weighted by Crippen LogP contribution is 2.29. The lowest BCUT2D eigenvalue weighted by atomic mass is 10.1. The SMILES string of the molecule is COc1cccc(S(=O)(=O)Nc2ccc(C)c(N3CCCC3=O)c2)c1. The summed E-state index contributed by atoms with van der Waals surface area (Å²) in [5.74, 6) is 0.533. The predicted molar refractivity (Wildman–Crippen MR) is 96.6 cm³/mol. The predicted octanol–water partition coefficient (Wildman–Crippen LogP) is 2.93. The van der Waals surface area contributed by atoms with Crippen LogP contribution in [-0.2, 0) is 14.8 Å². The second-order valence-corrected chi connectivity index (χ2v) is 7.62. The first-order valence-electron chi connectivity index (χ1n) is 7.98. The molecule has 0 aromatic heterocycles. The van der Waals surface area contributed by atoms with Crippen molar-refractivity contribution in [2.24, 2.45) is 0 Å². The molecular formula is C18H20N2O4S. The minimum Gasteiger partial charge on any atom is -0.497 e. The summed E-state index contributed by atoms with van der Waals surface area (Å²) in [6, 6.07) is 11.5. The molecule has 25 heavy (non-hydrogen) atoms. The Bertz CT molecular complexity index is 909. The van der Waals surface area contributed by atoms with Gasteiger partial charge in [0.25, 0.3) is 10.0 Å². The van der Waals surface area contributed by atoms with Crippen molar-refractivity contribution in [1.29, 1.82) is 0 Å². The highest BCUT2D eigenvalue weighted by Gasteiger charge is 2.24. The van der Waals surface area contributed by atoms with Crippen molar-refractivity contribution in [3.63, 3.8) is 0 Å². The summed E-state index contributed by atoms with van der Waals surface area (Å²) in [4.78, 5) is 13.8. The van der Waals surface area contributed by atoms with Crippen molar-refractivity contribution in [2.45, 2.75) is 24.7 Å². The number of nitrogens with one attached hydrogen (secondary N) is 1. The summed E-state index contributed by atoms with van der Waals surface area (Å²) in [6.45, 7) is 2.56. The second-order valence-electron chi connectivity index (χ2n) is 5.93. The van der Waals surface area contributed by atoms with Gasteiger partial charge < -0.3 is 9.64 Å². The van der Waals surface area contributed by atoms with Crippen molar-refractivity contribution in [3.8, 4) is 5.75 Å². The van der Waals surface area contributed by atoms with E-state index in [0.29, 0.717) is 24.4 Å². The average Bonchev–Trinajstić information content (AvgIpc) is 3.02. The van der Waals surface area contributed by atoms with E-state index in [2.05, 4.69) is 4.72 Å². The number of aryl methyl sites for hydroxylation is 1. The van der Waals surface area contributed by atoms with Crippen molar-refractivity contribution < 1.29 is 17.9 Å². The maximum Gasteiger partial charge on any atom is 0.262 e. The molecule has 1 aliphatic heterocycles. The van der Waals surface area contributed by atoms with Gasteiger partial charge in [0.15, 0.2) is 0 Å². The molecule has 1 aliphatic rings. The molecular weight excluding hydrogens is 340 g/mol. The summed E-state index contributed by atoms with van der Waals surface area (Å²) in [5.41, 5.74) is 2.09. The summed E-state index contributed by atoms with van der Waals surface area (Å²) in [6.07, 6.45) is 1.34. The van der Waals surface area contributed by atoms with Gasteiger partial charge in [0, 0.05) is 24.7 Å². The molecule has 132 valence electrons. The van der Waals surface area contributed by atoms with E-state index >= 15 is 0 Å². The quantitative estimate of drug-likeness (QED) is 0.889. The van der Waals surface area contributed by atoms with E-state index in [1.807, 2.05) is 13.0 Å². The third-order valence-corrected chi connectivity index (χ3v) is 5.56. The van der Waals surface area contributed by atoms with Crippen LogP contribution in [0, 0.1) is 6.92 Å². The Kier molecular flexibility index (Phi) is 4.67. The third-order valence-electron chi connectivity index (χ3n) is 4.18. The molecule has 1 saturated heterocycles. The Morgan fingerprint density at radius 3 is 2.64 bits per heavy atom. The Hall–Kier alpha value is -2.54. The molecule has 0 atom stereocenters. The minimum atomic E-state index is -3.75. The number of rotatable bonds is 5. The summed E-state index contributed by atoms with van der Waals surface area (Å²) in [7, 11) is -2.26. The van der Waals surface area contributed by atoms with E-state index in [9.17, 15) is 13.2 Å². The van der Waals surface area contributed by atoms with Crippen molar-refractivity contribution in [2.75, 3.05) is 23.3 Å². The van der Waals surface area contributed by atoms with E-state index in [0.717, 1.165) is 17.7 Å². The van der Waals surface area contributed by atoms with Gasteiger partial charge in [0.1, 0.15) is 5.75 Å². The second kappa shape index (κ2) is 6.76. The highest BCUT2D eigenvalue weighted by molar-refractivity contribution is 7.92. The van der Waals surface area contributed by atoms with Crippen LogP contribution in [0.15, 0.2) is 47.4 Å². The molecule has 2 aromatic rings. The lowest BCUT2D eigenvalue weighted by molar-refractivity contribution is -0.117. The van der Waals surface area contributed by atoms with E-state index < -0.39 is 10.0 Å². The zero-order valence-corrected chi connectivity index (χ0v) is 15.0. The molecule has 6 nitrogen and oxygen atoms in total. The van der Waals surface area contributed by atoms with Crippen LogP contribution in [0.3, 0.4) is 0 Å². The fourth-order valence-corrected chi connectivity index (χ4v) is 3.93. The van der Waals surface area contributed by atoms with Gasteiger partial charge in [0.2, 0.25) is 5.91 Å². The Morgan fingerprint density at radius 1 is 1.16 bits per heavy atom. The van der Waals surface area contributed by atoms with Gasteiger partial charge in [-0.15, -0.1) is 0 Å². The van der Waals surface area contributed by atoms with Crippen LogP contribution in [-0.4, -0.2) is 28.0 Å². The van der Waals surface area contributed by atoms with E-state index in [1.165, 1.54) is 19.2 Å². The molecule has 0 aliphatic carbocycles. The third kappa shape index (κ3) is 3.61. The van der Waals surface area contributed by atoms with Crippen LogP contribution < -0.4 is 14.4 Å². The van der Waals surface area contributed by atoms with Crippen LogP contribution in [0.1, 0.15) is 18.4 Å². The first-order valence-corrected chi connectivity index (χ1v) is 9.47. The molecule has 0 spiro atoms. The fourth-order valence-electron chi connectivity index (χ4n) is 2.85. The van der Waals surface area contributed by atoms with Crippen LogP contribution in [0.2, 0.25) is 0 Å². The molecule has 0 unspecified atom stereocenters.